The van der Waals surface area contributed by atoms with Crippen LogP contribution in [-0.4, -0.2) is 33.0 Å². The van der Waals surface area contributed by atoms with E-state index in [1.54, 1.807) is 30.6 Å². The van der Waals surface area contributed by atoms with Gasteiger partial charge in [-0.25, -0.2) is 13.8 Å². The maximum Gasteiger partial charge on any atom is 0.225 e. The Morgan fingerprint density at radius 1 is 1.18 bits per heavy atom. The summed E-state index contributed by atoms with van der Waals surface area (Å²) < 4.78 is 33.3. The first-order valence-corrected chi connectivity index (χ1v) is 12.4. The average Bonchev–Trinajstić information content (AvgIpc) is 3.29. The van der Waals surface area contributed by atoms with Crippen molar-refractivity contribution in [2.45, 2.75) is 25.3 Å². The van der Waals surface area contributed by atoms with Gasteiger partial charge in [0, 0.05) is 53.3 Å². The molecular weight excluding hydrogens is 512 g/mol. The number of pyridine rings is 1. The van der Waals surface area contributed by atoms with Crippen LogP contribution in [0.1, 0.15) is 30.1 Å². The number of aromatic amines is 1. The number of ether oxygens (including phenoxy) is 1. The summed E-state index contributed by atoms with van der Waals surface area (Å²) in [5, 5.41) is 3.60. The molecule has 0 aliphatic heterocycles. The fourth-order valence-electron chi connectivity index (χ4n) is 4.62. The Balaban J connectivity index is 1.46. The molecule has 2 atom stereocenters. The molecule has 2 unspecified atom stereocenters. The second kappa shape index (κ2) is 11.1. The number of rotatable bonds is 8. The molecule has 0 spiro atoms. The molecule has 3 aromatic heterocycles. The van der Waals surface area contributed by atoms with Crippen LogP contribution in [-0.2, 0) is 11.2 Å². The van der Waals surface area contributed by atoms with Gasteiger partial charge in [0.15, 0.2) is 0 Å². The Morgan fingerprint density at radius 3 is 2.74 bits per heavy atom. The van der Waals surface area contributed by atoms with Crippen LogP contribution >= 0.6 is 11.6 Å². The molecule has 1 aliphatic carbocycles. The minimum Gasteiger partial charge on any atom is -0.481 e. The molecule has 0 fully saturated rings. The first-order chi connectivity index (χ1) is 18.4. The maximum absolute atomic E-state index is 14.1. The number of hydrogen-bond donors (Lipinski definition) is 2. The molecule has 0 saturated heterocycles. The van der Waals surface area contributed by atoms with E-state index in [2.05, 4.69) is 25.3 Å². The highest BCUT2D eigenvalue weighted by molar-refractivity contribution is 6.30. The third kappa shape index (κ3) is 5.73. The van der Waals surface area contributed by atoms with Crippen LogP contribution in [0.5, 0.6) is 5.88 Å². The van der Waals surface area contributed by atoms with E-state index in [1.807, 2.05) is 18.2 Å². The first-order valence-electron chi connectivity index (χ1n) is 12.0. The largest absolute Gasteiger partial charge is 0.481 e. The lowest BCUT2D eigenvalue weighted by Gasteiger charge is -2.25. The number of nitrogens with zero attached hydrogens (tertiary/aromatic N) is 3. The number of aromatic nitrogens is 4. The molecule has 38 heavy (non-hydrogen) atoms. The first kappa shape index (κ1) is 25.5. The van der Waals surface area contributed by atoms with Crippen LogP contribution in [0, 0.1) is 5.92 Å². The van der Waals surface area contributed by atoms with E-state index in [0.717, 1.165) is 17.2 Å². The van der Waals surface area contributed by atoms with Gasteiger partial charge in [-0.3, -0.25) is 14.8 Å². The van der Waals surface area contributed by atoms with Crippen LogP contribution in [0.15, 0.2) is 78.8 Å². The molecular formula is C28H24ClF2N5O2. The summed E-state index contributed by atoms with van der Waals surface area (Å²) in [6, 6.07) is 9.98. The zero-order valence-corrected chi connectivity index (χ0v) is 21.2. The van der Waals surface area contributed by atoms with Gasteiger partial charge in [0.1, 0.15) is 11.7 Å². The lowest BCUT2D eigenvalue weighted by Crippen LogP contribution is -2.32. The van der Waals surface area contributed by atoms with E-state index >= 15 is 0 Å². The van der Waals surface area contributed by atoms with Gasteiger partial charge in [0.2, 0.25) is 11.8 Å². The Labute approximate surface area is 222 Å². The molecule has 1 aliphatic rings. The van der Waals surface area contributed by atoms with Crippen LogP contribution in [0.4, 0.5) is 8.78 Å². The molecule has 1 aromatic carbocycles. The van der Waals surface area contributed by atoms with Crippen molar-refractivity contribution in [3.05, 3.63) is 95.1 Å². The molecule has 3 heterocycles. The van der Waals surface area contributed by atoms with Crippen molar-refractivity contribution in [3.63, 3.8) is 0 Å². The number of H-pyrrole nitrogens is 1. The Hall–Kier alpha value is -4.11. The fourth-order valence-corrected chi connectivity index (χ4v) is 4.75. The van der Waals surface area contributed by atoms with Crippen molar-refractivity contribution in [1.82, 2.24) is 25.3 Å². The zero-order valence-electron chi connectivity index (χ0n) is 20.4. The summed E-state index contributed by atoms with van der Waals surface area (Å²) in [4.78, 5) is 29.9. The second-order valence-corrected chi connectivity index (χ2v) is 9.44. The number of nitrogens with one attached hydrogen (secondary N) is 2. The highest BCUT2D eigenvalue weighted by Crippen LogP contribution is 2.34. The van der Waals surface area contributed by atoms with Crippen LogP contribution in [0.2, 0.25) is 5.02 Å². The average molecular weight is 536 g/mol. The lowest BCUT2D eigenvalue weighted by atomic mass is 9.89. The SMILES string of the molecule is COc1ccc2[nH]cc(CC(=O)NC(CC3C=C(F)C=C(F)C3)c3nccnc3-c3ccc(Cl)cc3)c2n1. The summed E-state index contributed by atoms with van der Waals surface area (Å²) in [6.07, 6.45) is 7.34. The van der Waals surface area contributed by atoms with E-state index in [9.17, 15) is 13.6 Å². The number of amides is 1. The number of carbonyl (C=O) groups is 1. The van der Waals surface area contributed by atoms with E-state index in [1.165, 1.54) is 19.4 Å². The maximum atomic E-state index is 14.1. The highest BCUT2D eigenvalue weighted by atomic mass is 35.5. The Bertz CT molecular complexity index is 1530. The molecule has 0 saturated carbocycles. The fraction of sp³-hybridized carbons (Fsp3) is 0.214. The summed E-state index contributed by atoms with van der Waals surface area (Å²) in [6.45, 7) is 0. The van der Waals surface area contributed by atoms with Crippen molar-refractivity contribution < 1.29 is 18.3 Å². The van der Waals surface area contributed by atoms with Gasteiger partial charge in [0.25, 0.3) is 0 Å². The molecule has 5 rings (SSSR count). The van der Waals surface area contributed by atoms with Gasteiger partial charge in [-0.15, -0.1) is 0 Å². The van der Waals surface area contributed by atoms with Gasteiger partial charge in [-0.1, -0.05) is 23.7 Å². The summed E-state index contributed by atoms with van der Waals surface area (Å²) in [5.74, 6) is -1.53. The number of fused-ring (bicyclic) bond motifs is 1. The highest BCUT2D eigenvalue weighted by Gasteiger charge is 2.27. The predicted molar refractivity (Wildman–Crippen MR) is 141 cm³/mol. The Kier molecular flexibility index (Phi) is 7.46. The lowest BCUT2D eigenvalue weighted by molar-refractivity contribution is -0.121. The number of hydrogen-bond acceptors (Lipinski definition) is 5. The van der Waals surface area contributed by atoms with Crippen molar-refractivity contribution in [3.8, 4) is 17.1 Å². The number of carbonyl (C=O) groups excluding carboxylic acids is 1. The molecule has 4 aromatic rings. The van der Waals surface area contributed by atoms with E-state index in [0.29, 0.717) is 33.4 Å². The second-order valence-electron chi connectivity index (χ2n) is 9.00. The van der Waals surface area contributed by atoms with Gasteiger partial charge in [0.05, 0.1) is 42.0 Å². The van der Waals surface area contributed by atoms with Crippen molar-refractivity contribution in [2.75, 3.05) is 7.11 Å². The number of allylic oxidation sites excluding steroid dienone is 4. The minimum atomic E-state index is -0.672. The topological polar surface area (TPSA) is 92.8 Å². The van der Waals surface area contributed by atoms with Gasteiger partial charge in [-0.05, 0) is 36.6 Å². The summed E-state index contributed by atoms with van der Waals surface area (Å²) in [5.41, 5.74) is 3.87. The molecule has 7 nitrogen and oxygen atoms in total. The third-order valence-corrected chi connectivity index (χ3v) is 6.58. The van der Waals surface area contributed by atoms with Crippen molar-refractivity contribution in [1.29, 1.82) is 0 Å². The normalized spacial score (nSPS) is 16.1. The molecule has 10 heteroatoms. The van der Waals surface area contributed by atoms with Gasteiger partial charge in [-0.2, -0.15) is 0 Å². The zero-order chi connectivity index (χ0) is 26.6. The van der Waals surface area contributed by atoms with Crippen molar-refractivity contribution in [2.24, 2.45) is 5.92 Å². The van der Waals surface area contributed by atoms with Crippen LogP contribution in [0.25, 0.3) is 22.3 Å². The monoisotopic (exact) mass is 535 g/mol. The third-order valence-electron chi connectivity index (χ3n) is 6.33. The van der Waals surface area contributed by atoms with E-state index in [4.69, 9.17) is 16.3 Å². The number of halogens is 3. The smallest absolute Gasteiger partial charge is 0.225 e. The summed E-state index contributed by atoms with van der Waals surface area (Å²) >= 11 is 6.06. The van der Waals surface area contributed by atoms with Crippen LogP contribution < -0.4 is 10.1 Å². The van der Waals surface area contributed by atoms with Gasteiger partial charge < -0.3 is 15.0 Å². The van der Waals surface area contributed by atoms with Gasteiger partial charge >= 0.3 is 0 Å². The Morgan fingerprint density at radius 2 is 1.97 bits per heavy atom. The number of benzene rings is 1. The minimum absolute atomic E-state index is 0.0241. The van der Waals surface area contributed by atoms with Crippen molar-refractivity contribution >= 4 is 28.5 Å². The van der Waals surface area contributed by atoms with Crippen LogP contribution in [0.3, 0.4) is 0 Å². The van der Waals surface area contributed by atoms with E-state index < -0.39 is 23.6 Å². The van der Waals surface area contributed by atoms with E-state index in [-0.39, 0.29) is 25.2 Å². The standard InChI is InChI=1S/C28H24ClF2N5O2/c1-38-25-7-6-22-26(36-25)18(15-34-22)13-24(37)35-23(12-16-10-20(30)14-21(31)11-16)28-27(32-8-9-33-28)17-2-4-19(29)5-3-17/h2-10,14-16,23,34H,11-13H2,1H3,(H,35,37). The summed E-state index contributed by atoms with van der Waals surface area (Å²) in [7, 11) is 1.53. The molecule has 194 valence electrons. The molecule has 0 bridgehead atoms. The quantitative estimate of drug-likeness (QED) is 0.280. The predicted octanol–water partition coefficient (Wildman–Crippen LogP) is 6.20. The molecule has 0 radical (unpaired) electrons. The molecule has 2 N–H and O–H groups in total. The number of methoxy groups -OCH3 is 1. The molecule has 1 amide bonds.